The van der Waals surface area contributed by atoms with Gasteiger partial charge in [-0.25, -0.2) is 0 Å². The third kappa shape index (κ3) is 3.65. The van der Waals surface area contributed by atoms with Crippen LogP contribution in [0.1, 0.15) is 47.1 Å². The Hall–Kier alpha value is -3.29. The van der Waals surface area contributed by atoms with Crippen molar-refractivity contribution < 1.29 is 18.8 Å². The molecule has 0 radical (unpaired) electrons. The van der Waals surface area contributed by atoms with Crippen molar-refractivity contribution >= 4 is 5.91 Å². The predicted octanol–water partition coefficient (Wildman–Crippen LogP) is 3.77. The number of carbonyl (C=O) groups is 1. The molecule has 1 aliphatic rings. The van der Waals surface area contributed by atoms with E-state index in [9.17, 15) is 4.79 Å². The van der Waals surface area contributed by atoms with Crippen molar-refractivity contribution in [1.29, 1.82) is 0 Å². The van der Waals surface area contributed by atoms with E-state index in [0.717, 1.165) is 36.2 Å². The Bertz CT molecular complexity index is 1060. The number of hydrogen-bond donors (Lipinski definition) is 0. The van der Waals surface area contributed by atoms with Crippen molar-refractivity contribution in [1.82, 2.24) is 19.8 Å². The first-order valence-electron chi connectivity index (χ1n) is 10.0. The van der Waals surface area contributed by atoms with Crippen LogP contribution in [0.3, 0.4) is 0 Å². The summed E-state index contributed by atoms with van der Waals surface area (Å²) in [5, 5.41) is 8.71. The Kier molecular flexibility index (Phi) is 5.48. The molecule has 8 heteroatoms. The Balaban J connectivity index is 1.74. The zero-order chi connectivity index (χ0) is 21.3. The van der Waals surface area contributed by atoms with E-state index in [1.807, 2.05) is 31.1 Å². The van der Waals surface area contributed by atoms with Crippen LogP contribution in [0.15, 0.2) is 35.0 Å². The van der Waals surface area contributed by atoms with Crippen LogP contribution in [0.5, 0.6) is 11.5 Å². The maximum absolute atomic E-state index is 13.6. The second-order valence-electron chi connectivity index (χ2n) is 7.51. The van der Waals surface area contributed by atoms with Crippen molar-refractivity contribution in [3.05, 3.63) is 47.4 Å². The number of aryl methyl sites for hydroxylation is 2. The largest absolute Gasteiger partial charge is 0.497 e. The second-order valence-corrected chi connectivity index (χ2v) is 7.51. The Morgan fingerprint density at radius 3 is 2.73 bits per heavy atom. The molecule has 0 bridgehead atoms. The molecule has 8 nitrogen and oxygen atoms in total. The minimum atomic E-state index is -0.163. The number of methoxy groups -OCH3 is 2. The molecule has 1 aliphatic heterocycles. The molecule has 0 N–H and O–H groups in total. The van der Waals surface area contributed by atoms with Gasteiger partial charge in [-0.05, 0) is 44.4 Å². The molecule has 0 saturated carbocycles. The standard InChI is InChI=1S/C22H26N4O4/c1-14-11-20(30-24-14)17-13-25(2)23-21(17)18-7-5-6-10-26(18)22(27)16-12-15(28-3)8-9-19(16)29-4/h8-9,11-13,18H,5-7,10H2,1-4H3. The molecule has 0 aliphatic carbocycles. The molecule has 1 fully saturated rings. The average Bonchev–Trinajstić information content (AvgIpc) is 3.38. The number of rotatable bonds is 5. The van der Waals surface area contributed by atoms with Gasteiger partial charge >= 0.3 is 0 Å². The number of amides is 1. The lowest BCUT2D eigenvalue weighted by Gasteiger charge is -2.35. The smallest absolute Gasteiger partial charge is 0.258 e. The van der Waals surface area contributed by atoms with Gasteiger partial charge in [0, 0.05) is 25.9 Å². The number of nitrogens with zero attached hydrogens (tertiary/aromatic N) is 4. The van der Waals surface area contributed by atoms with Crippen LogP contribution in [0, 0.1) is 6.92 Å². The monoisotopic (exact) mass is 410 g/mol. The normalized spacial score (nSPS) is 16.5. The number of benzene rings is 1. The van der Waals surface area contributed by atoms with Gasteiger partial charge in [0.1, 0.15) is 11.5 Å². The number of ether oxygens (including phenoxy) is 2. The summed E-state index contributed by atoms with van der Waals surface area (Å²) in [6.45, 7) is 2.53. The van der Waals surface area contributed by atoms with E-state index < -0.39 is 0 Å². The van der Waals surface area contributed by atoms with Crippen LogP contribution in [0.4, 0.5) is 0 Å². The summed E-state index contributed by atoms with van der Waals surface area (Å²) >= 11 is 0. The molecule has 1 aromatic carbocycles. The lowest BCUT2D eigenvalue weighted by molar-refractivity contribution is 0.0602. The van der Waals surface area contributed by atoms with Gasteiger partial charge in [-0.3, -0.25) is 9.48 Å². The first kappa shape index (κ1) is 20.0. The summed E-state index contributed by atoms with van der Waals surface area (Å²) in [4.78, 5) is 15.5. The van der Waals surface area contributed by atoms with Gasteiger partial charge in [0.2, 0.25) is 0 Å². The Labute approximate surface area is 175 Å². The molecule has 158 valence electrons. The van der Waals surface area contributed by atoms with Crippen LogP contribution in [0.25, 0.3) is 11.3 Å². The molecule has 1 unspecified atom stereocenters. The van der Waals surface area contributed by atoms with Gasteiger partial charge in [0.25, 0.3) is 5.91 Å². The third-order valence-electron chi connectivity index (χ3n) is 5.47. The molecule has 4 rings (SSSR count). The highest BCUT2D eigenvalue weighted by atomic mass is 16.5. The van der Waals surface area contributed by atoms with Gasteiger partial charge in [-0.2, -0.15) is 5.10 Å². The second kappa shape index (κ2) is 8.22. The van der Waals surface area contributed by atoms with Gasteiger partial charge in [0.05, 0.1) is 42.8 Å². The zero-order valence-electron chi connectivity index (χ0n) is 17.7. The SMILES string of the molecule is COc1ccc(OC)c(C(=O)N2CCCCC2c2nn(C)cc2-c2cc(C)no2)c1. The van der Waals surface area contributed by atoms with E-state index >= 15 is 0 Å². The number of hydrogen-bond acceptors (Lipinski definition) is 6. The molecule has 1 amide bonds. The Morgan fingerprint density at radius 2 is 2.03 bits per heavy atom. The van der Waals surface area contributed by atoms with E-state index in [0.29, 0.717) is 29.4 Å². The lowest BCUT2D eigenvalue weighted by atomic mass is 9.95. The maximum atomic E-state index is 13.6. The molecular formula is C22H26N4O4. The fourth-order valence-corrected chi connectivity index (χ4v) is 4.03. The van der Waals surface area contributed by atoms with Crippen LogP contribution < -0.4 is 9.47 Å². The fraction of sp³-hybridized carbons (Fsp3) is 0.409. The number of aromatic nitrogens is 3. The highest BCUT2D eigenvalue weighted by Gasteiger charge is 2.34. The molecule has 3 aromatic rings. The molecule has 3 heterocycles. The van der Waals surface area contributed by atoms with Crippen molar-refractivity contribution in [3.8, 4) is 22.8 Å². The summed E-state index contributed by atoms with van der Waals surface area (Å²) in [6.07, 6.45) is 4.71. The highest BCUT2D eigenvalue weighted by molar-refractivity contribution is 5.97. The minimum Gasteiger partial charge on any atom is -0.497 e. The topological polar surface area (TPSA) is 82.6 Å². The fourth-order valence-electron chi connectivity index (χ4n) is 4.03. The third-order valence-corrected chi connectivity index (χ3v) is 5.47. The van der Waals surface area contributed by atoms with E-state index in [1.54, 1.807) is 37.1 Å². The summed E-state index contributed by atoms with van der Waals surface area (Å²) in [5.74, 6) is 1.70. The van der Waals surface area contributed by atoms with E-state index in [-0.39, 0.29) is 11.9 Å². The molecule has 2 aromatic heterocycles. The zero-order valence-corrected chi connectivity index (χ0v) is 17.7. The van der Waals surface area contributed by atoms with Crippen LogP contribution in [0.2, 0.25) is 0 Å². The van der Waals surface area contributed by atoms with E-state index in [1.165, 1.54) is 0 Å². The van der Waals surface area contributed by atoms with Crippen molar-refractivity contribution in [2.24, 2.45) is 7.05 Å². The summed E-state index contributed by atoms with van der Waals surface area (Å²) in [5.41, 5.74) is 2.97. The van der Waals surface area contributed by atoms with Crippen molar-refractivity contribution in [3.63, 3.8) is 0 Å². The lowest BCUT2D eigenvalue weighted by Crippen LogP contribution is -2.39. The first-order chi connectivity index (χ1) is 14.5. The highest BCUT2D eigenvalue weighted by Crippen LogP contribution is 2.38. The van der Waals surface area contributed by atoms with E-state index in [4.69, 9.17) is 19.1 Å². The van der Waals surface area contributed by atoms with Gasteiger partial charge in [-0.1, -0.05) is 5.16 Å². The molecular weight excluding hydrogens is 384 g/mol. The van der Waals surface area contributed by atoms with Crippen LogP contribution in [-0.2, 0) is 7.05 Å². The van der Waals surface area contributed by atoms with Crippen LogP contribution >= 0.6 is 0 Å². The maximum Gasteiger partial charge on any atom is 0.258 e. The number of carbonyl (C=O) groups excluding carboxylic acids is 1. The van der Waals surface area contributed by atoms with E-state index in [2.05, 4.69) is 5.16 Å². The van der Waals surface area contributed by atoms with Crippen LogP contribution in [-0.4, -0.2) is 46.5 Å². The first-order valence-corrected chi connectivity index (χ1v) is 10.0. The summed E-state index contributed by atoms with van der Waals surface area (Å²) < 4.78 is 18.0. The van der Waals surface area contributed by atoms with Crippen molar-refractivity contribution in [2.75, 3.05) is 20.8 Å². The molecule has 1 atom stereocenters. The van der Waals surface area contributed by atoms with Crippen molar-refractivity contribution in [2.45, 2.75) is 32.2 Å². The number of likely N-dealkylation sites (tertiary alicyclic amines) is 1. The summed E-state index contributed by atoms with van der Waals surface area (Å²) in [7, 11) is 5.02. The quantitative estimate of drug-likeness (QED) is 0.637. The summed E-state index contributed by atoms with van der Waals surface area (Å²) in [6, 6.07) is 7.00. The number of piperidine rings is 1. The van der Waals surface area contributed by atoms with Gasteiger partial charge < -0.3 is 18.9 Å². The average molecular weight is 410 g/mol. The van der Waals surface area contributed by atoms with Gasteiger partial charge in [0.15, 0.2) is 5.76 Å². The molecule has 1 saturated heterocycles. The van der Waals surface area contributed by atoms with Gasteiger partial charge in [-0.15, -0.1) is 0 Å². The Morgan fingerprint density at radius 1 is 1.20 bits per heavy atom. The minimum absolute atomic E-state index is 0.0965. The predicted molar refractivity (Wildman–Crippen MR) is 111 cm³/mol. The molecule has 0 spiro atoms. The molecule has 30 heavy (non-hydrogen) atoms.